The van der Waals surface area contributed by atoms with E-state index < -0.39 is 0 Å². The lowest BCUT2D eigenvalue weighted by Crippen LogP contribution is -1.98. The summed E-state index contributed by atoms with van der Waals surface area (Å²) in [6.45, 7) is 4.74. The molecule has 0 bridgehead atoms. The molecule has 0 radical (unpaired) electrons. The highest BCUT2D eigenvalue weighted by molar-refractivity contribution is 5.28. The molecule has 0 aliphatic heterocycles. The lowest BCUT2D eigenvalue weighted by atomic mass is 9.93. The van der Waals surface area contributed by atoms with Crippen molar-refractivity contribution in [3.8, 4) is 0 Å². The molecule has 1 heteroatoms. The fourth-order valence-electron chi connectivity index (χ4n) is 2.07. The van der Waals surface area contributed by atoms with E-state index in [9.17, 15) is 0 Å². The standard InChI is InChI=1S/C11H16.C5H12O/c1-2-9-3-5-10(6-4-9)11-7-8-11;1-2-3-4-5-6/h3,5-6,9,11H,2,4,7-8H2,1H3;6H,2-5H2,1H3. The average molecular weight is 236 g/mol. The Kier molecular flexibility index (Phi) is 7.27. The fourth-order valence-corrected chi connectivity index (χ4v) is 2.07. The largest absolute Gasteiger partial charge is 0.396 e. The topological polar surface area (TPSA) is 20.2 Å². The first-order chi connectivity index (χ1) is 8.31. The summed E-state index contributed by atoms with van der Waals surface area (Å²) >= 11 is 0. The van der Waals surface area contributed by atoms with E-state index in [1.807, 2.05) is 0 Å². The van der Waals surface area contributed by atoms with Crippen LogP contribution >= 0.6 is 0 Å². The minimum Gasteiger partial charge on any atom is -0.396 e. The minimum absolute atomic E-state index is 0.355. The Hall–Kier alpha value is -0.560. The summed E-state index contributed by atoms with van der Waals surface area (Å²) in [6.07, 6.45) is 16.0. The fraction of sp³-hybridized carbons (Fsp3) is 0.750. The summed E-state index contributed by atoms with van der Waals surface area (Å²) in [6, 6.07) is 0. The normalized spacial score (nSPS) is 22.8. The lowest BCUT2D eigenvalue weighted by molar-refractivity contribution is 0.284. The van der Waals surface area contributed by atoms with Gasteiger partial charge in [-0.2, -0.15) is 0 Å². The van der Waals surface area contributed by atoms with Crippen molar-refractivity contribution >= 4 is 0 Å². The van der Waals surface area contributed by atoms with Crippen LogP contribution < -0.4 is 0 Å². The second-order valence-electron chi connectivity index (χ2n) is 5.17. The zero-order chi connectivity index (χ0) is 12.5. The predicted molar refractivity (Wildman–Crippen MR) is 75.0 cm³/mol. The average Bonchev–Trinajstić information content (AvgIpc) is 3.21. The molecule has 2 rings (SSSR count). The van der Waals surface area contributed by atoms with Crippen molar-refractivity contribution in [1.82, 2.24) is 0 Å². The van der Waals surface area contributed by atoms with Crippen molar-refractivity contribution in [2.45, 2.75) is 58.8 Å². The molecule has 0 amide bonds. The highest BCUT2D eigenvalue weighted by atomic mass is 16.2. The second-order valence-corrected chi connectivity index (χ2v) is 5.17. The molecule has 17 heavy (non-hydrogen) atoms. The number of rotatable bonds is 5. The summed E-state index contributed by atoms with van der Waals surface area (Å²) < 4.78 is 0. The van der Waals surface area contributed by atoms with E-state index in [0.717, 1.165) is 24.7 Å². The van der Waals surface area contributed by atoms with E-state index >= 15 is 0 Å². The monoisotopic (exact) mass is 236 g/mol. The summed E-state index contributed by atoms with van der Waals surface area (Å²) in [7, 11) is 0. The van der Waals surface area contributed by atoms with Crippen LogP contribution in [0.5, 0.6) is 0 Å². The molecule has 1 atom stereocenters. The van der Waals surface area contributed by atoms with Crippen LogP contribution in [0, 0.1) is 11.8 Å². The molecule has 0 aromatic carbocycles. The van der Waals surface area contributed by atoms with Gasteiger partial charge in [0.25, 0.3) is 0 Å². The van der Waals surface area contributed by atoms with Crippen molar-refractivity contribution in [2.75, 3.05) is 6.61 Å². The highest BCUT2D eigenvalue weighted by Crippen LogP contribution is 2.39. The van der Waals surface area contributed by atoms with Gasteiger partial charge in [0.2, 0.25) is 0 Å². The van der Waals surface area contributed by atoms with E-state index in [4.69, 9.17) is 5.11 Å². The Morgan fingerprint density at radius 2 is 2.00 bits per heavy atom. The van der Waals surface area contributed by atoms with Crippen molar-refractivity contribution in [3.05, 3.63) is 23.8 Å². The van der Waals surface area contributed by atoms with Crippen molar-refractivity contribution in [3.63, 3.8) is 0 Å². The van der Waals surface area contributed by atoms with Crippen molar-refractivity contribution in [1.29, 1.82) is 0 Å². The Bertz CT molecular complexity index is 244. The third-order valence-electron chi connectivity index (χ3n) is 3.55. The molecule has 0 aromatic heterocycles. The molecule has 98 valence electrons. The highest BCUT2D eigenvalue weighted by Gasteiger charge is 2.25. The quantitative estimate of drug-likeness (QED) is 0.698. The molecule has 0 heterocycles. The molecule has 1 N–H and O–H groups in total. The van der Waals surface area contributed by atoms with Crippen LogP contribution in [0.3, 0.4) is 0 Å². The summed E-state index contributed by atoms with van der Waals surface area (Å²) in [5.74, 6) is 1.78. The SMILES string of the molecule is CCC1C=CC(C2CC2)=CC1.CCCCCO. The van der Waals surface area contributed by atoms with Crippen LogP contribution in [0.1, 0.15) is 58.8 Å². The van der Waals surface area contributed by atoms with Crippen molar-refractivity contribution < 1.29 is 5.11 Å². The number of hydrogen-bond acceptors (Lipinski definition) is 1. The van der Waals surface area contributed by atoms with Gasteiger partial charge in [0.1, 0.15) is 0 Å². The first kappa shape index (κ1) is 14.5. The molecule has 0 spiro atoms. The van der Waals surface area contributed by atoms with E-state index in [2.05, 4.69) is 32.1 Å². The molecule has 1 unspecified atom stereocenters. The van der Waals surface area contributed by atoms with E-state index in [-0.39, 0.29) is 0 Å². The van der Waals surface area contributed by atoms with Gasteiger partial charge >= 0.3 is 0 Å². The van der Waals surface area contributed by atoms with E-state index in [1.54, 1.807) is 5.57 Å². The van der Waals surface area contributed by atoms with Gasteiger partial charge < -0.3 is 5.11 Å². The summed E-state index contributed by atoms with van der Waals surface area (Å²) in [5.41, 5.74) is 1.62. The summed E-state index contributed by atoms with van der Waals surface area (Å²) in [5, 5.41) is 8.20. The van der Waals surface area contributed by atoms with Crippen molar-refractivity contribution in [2.24, 2.45) is 11.8 Å². The maximum absolute atomic E-state index is 8.20. The van der Waals surface area contributed by atoms with Gasteiger partial charge in [0.05, 0.1) is 0 Å². The van der Waals surface area contributed by atoms with Crippen LogP contribution in [0.25, 0.3) is 0 Å². The Labute approximate surface area is 107 Å². The predicted octanol–water partition coefficient (Wildman–Crippen LogP) is 4.48. The first-order valence-corrected chi connectivity index (χ1v) is 7.30. The van der Waals surface area contributed by atoms with Crippen LogP contribution in [0.4, 0.5) is 0 Å². The van der Waals surface area contributed by atoms with Crippen LogP contribution in [-0.2, 0) is 0 Å². The first-order valence-electron chi connectivity index (χ1n) is 7.30. The van der Waals surface area contributed by atoms with Gasteiger partial charge in [0.15, 0.2) is 0 Å². The number of aliphatic hydroxyl groups is 1. The van der Waals surface area contributed by atoms with Gasteiger partial charge in [0, 0.05) is 6.61 Å². The molecule has 1 nitrogen and oxygen atoms in total. The third-order valence-corrected chi connectivity index (χ3v) is 3.55. The van der Waals surface area contributed by atoms with E-state index in [1.165, 1.54) is 32.1 Å². The number of hydrogen-bond donors (Lipinski definition) is 1. The Morgan fingerprint density at radius 3 is 2.35 bits per heavy atom. The molecule has 0 saturated heterocycles. The van der Waals surface area contributed by atoms with Gasteiger partial charge in [-0.15, -0.1) is 0 Å². The van der Waals surface area contributed by atoms with Gasteiger partial charge in [-0.05, 0) is 49.5 Å². The molecule has 2 aliphatic rings. The molecule has 1 saturated carbocycles. The number of allylic oxidation sites excluding steroid dienone is 4. The molecular weight excluding hydrogens is 208 g/mol. The van der Waals surface area contributed by atoms with Gasteiger partial charge in [-0.25, -0.2) is 0 Å². The molecule has 1 fully saturated rings. The third kappa shape index (κ3) is 6.07. The molecular formula is C16H28O. The van der Waals surface area contributed by atoms with Crippen LogP contribution in [0.2, 0.25) is 0 Å². The Morgan fingerprint density at radius 1 is 1.24 bits per heavy atom. The van der Waals surface area contributed by atoms with Crippen LogP contribution in [-0.4, -0.2) is 11.7 Å². The number of unbranched alkanes of at least 4 members (excludes halogenated alkanes) is 2. The van der Waals surface area contributed by atoms with Crippen LogP contribution in [0.15, 0.2) is 23.8 Å². The minimum atomic E-state index is 0.355. The number of aliphatic hydroxyl groups excluding tert-OH is 1. The molecule has 0 aromatic rings. The van der Waals surface area contributed by atoms with E-state index in [0.29, 0.717) is 6.61 Å². The lowest BCUT2D eigenvalue weighted by Gasteiger charge is -2.13. The smallest absolute Gasteiger partial charge is 0.0431 e. The summed E-state index contributed by atoms with van der Waals surface area (Å²) in [4.78, 5) is 0. The van der Waals surface area contributed by atoms with Gasteiger partial charge in [-0.1, -0.05) is 44.9 Å². The maximum atomic E-state index is 8.20. The zero-order valence-electron chi connectivity index (χ0n) is 11.5. The van der Waals surface area contributed by atoms with Gasteiger partial charge in [-0.3, -0.25) is 0 Å². The Balaban J connectivity index is 0.000000209. The zero-order valence-corrected chi connectivity index (χ0v) is 11.5. The molecule has 2 aliphatic carbocycles. The second kappa shape index (κ2) is 8.52. The maximum Gasteiger partial charge on any atom is 0.0431 e.